The number of fused-ring (bicyclic) bond motifs is 1. The van der Waals surface area contributed by atoms with Crippen molar-refractivity contribution < 1.29 is 28.8 Å². The Bertz CT molecular complexity index is 1700. The molecular weight excluding hydrogens is 612 g/mol. The Morgan fingerprint density at radius 2 is 1.48 bits per heavy atom. The first-order valence-corrected chi connectivity index (χ1v) is 16.1. The molecule has 5 aromatic rings. The number of aliphatic hydroxyl groups excluding tert-OH is 1. The van der Waals surface area contributed by atoms with Crippen molar-refractivity contribution in [2.75, 3.05) is 39.7 Å². The van der Waals surface area contributed by atoms with Gasteiger partial charge in [-0.15, -0.1) is 0 Å². The van der Waals surface area contributed by atoms with Gasteiger partial charge in [-0.3, -0.25) is 4.57 Å². The Morgan fingerprint density at radius 1 is 0.833 bits per heavy atom. The number of nitrogen functional groups attached to an aromatic ring is 1. The number of aromatic nitrogens is 4. The molecule has 1 aliphatic heterocycles. The highest BCUT2D eigenvalue weighted by molar-refractivity contribution is 5.81. The molecule has 252 valence electrons. The molecule has 0 spiro atoms. The van der Waals surface area contributed by atoms with E-state index in [-0.39, 0.29) is 12.4 Å². The number of methoxy groups -OCH3 is 2. The van der Waals surface area contributed by atoms with Crippen molar-refractivity contribution in [2.45, 2.75) is 49.4 Å². The number of hydrogen-bond donors (Lipinski definition) is 3. The van der Waals surface area contributed by atoms with E-state index >= 15 is 0 Å². The van der Waals surface area contributed by atoms with Gasteiger partial charge in [0.2, 0.25) is 0 Å². The summed E-state index contributed by atoms with van der Waals surface area (Å²) in [5.74, 6) is 1.69. The summed E-state index contributed by atoms with van der Waals surface area (Å²) in [4.78, 5) is 12.9. The van der Waals surface area contributed by atoms with Crippen LogP contribution in [0.2, 0.25) is 0 Å². The summed E-state index contributed by atoms with van der Waals surface area (Å²) in [6.07, 6.45) is 2.26. The highest BCUT2D eigenvalue weighted by atomic mass is 16.6. The number of imidazole rings is 1. The number of nitrogens with two attached hydrogens (primary N) is 2. The van der Waals surface area contributed by atoms with Gasteiger partial charge in [-0.05, 0) is 66.8 Å². The van der Waals surface area contributed by atoms with Crippen LogP contribution in [0.3, 0.4) is 0 Å². The van der Waals surface area contributed by atoms with E-state index in [0.717, 1.165) is 47.5 Å². The van der Waals surface area contributed by atoms with Crippen LogP contribution in [-0.4, -0.2) is 76.9 Å². The van der Waals surface area contributed by atoms with Crippen molar-refractivity contribution in [1.82, 2.24) is 19.5 Å². The molecule has 2 unspecified atom stereocenters. The molecule has 0 radical (unpaired) electrons. The van der Waals surface area contributed by atoms with Gasteiger partial charge in [-0.25, -0.2) is 15.0 Å². The number of hydrogen-bond acceptors (Lipinski definition) is 11. The van der Waals surface area contributed by atoms with E-state index in [9.17, 15) is 5.11 Å². The molecule has 12 nitrogen and oxygen atoms in total. The minimum Gasteiger partial charge on any atom is -0.497 e. The molecule has 3 heterocycles. The Hall–Kier alpha value is -4.59. The van der Waals surface area contributed by atoms with Gasteiger partial charge in [0.1, 0.15) is 47.3 Å². The van der Waals surface area contributed by atoms with Crippen LogP contribution in [0.15, 0.2) is 91.5 Å². The number of anilines is 1. The van der Waals surface area contributed by atoms with E-state index < -0.39 is 30.1 Å². The molecule has 0 amide bonds. The SMILES string of the molecule is COc1ccc(C(OC[C@H]2O[C@@H](n3cnc4c(N)ncnc43)C(OCCCCCN)C2O)(c2ccccc2)c2ccc(OC)cc2)cc1. The smallest absolute Gasteiger partial charge is 0.167 e. The fraction of sp³-hybridized carbons (Fsp3) is 0.361. The zero-order valence-electron chi connectivity index (χ0n) is 27.1. The monoisotopic (exact) mass is 654 g/mol. The summed E-state index contributed by atoms with van der Waals surface area (Å²) in [5, 5.41) is 11.8. The maximum Gasteiger partial charge on any atom is 0.167 e. The second-order valence-corrected chi connectivity index (χ2v) is 11.6. The van der Waals surface area contributed by atoms with Gasteiger partial charge in [0.25, 0.3) is 0 Å². The molecular formula is C36H42N6O6. The first-order chi connectivity index (χ1) is 23.5. The zero-order chi connectivity index (χ0) is 33.5. The number of nitrogens with zero attached hydrogens (tertiary/aromatic N) is 4. The quantitative estimate of drug-likeness (QED) is 0.110. The van der Waals surface area contributed by atoms with E-state index in [1.54, 1.807) is 25.1 Å². The van der Waals surface area contributed by atoms with Gasteiger partial charge in [0.15, 0.2) is 17.7 Å². The Morgan fingerprint density at radius 3 is 2.10 bits per heavy atom. The fourth-order valence-electron chi connectivity index (χ4n) is 6.24. The number of rotatable bonds is 15. The lowest BCUT2D eigenvalue weighted by Crippen LogP contribution is -2.40. The molecule has 0 aliphatic carbocycles. The molecule has 5 N–H and O–H groups in total. The average Bonchev–Trinajstić information content (AvgIpc) is 3.70. The van der Waals surface area contributed by atoms with Gasteiger partial charge in [0.05, 0.1) is 27.2 Å². The lowest BCUT2D eigenvalue weighted by atomic mass is 9.80. The number of ether oxygens (including phenoxy) is 5. The van der Waals surface area contributed by atoms with Crippen LogP contribution in [0.4, 0.5) is 5.82 Å². The van der Waals surface area contributed by atoms with Gasteiger partial charge in [-0.2, -0.15) is 0 Å². The van der Waals surface area contributed by atoms with Gasteiger partial charge in [-0.1, -0.05) is 54.6 Å². The van der Waals surface area contributed by atoms with Crippen molar-refractivity contribution in [3.8, 4) is 11.5 Å². The Labute approximate surface area is 279 Å². The highest BCUT2D eigenvalue weighted by Gasteiger charge is 2.48. The van der Waals surface area contributed by atoms with Crippen molar-refractivity contribution >= 4 is 17.0 Å². The van der Waals surface area contributed by atoms with Crippen LogP contribution in [-0.2, 0) is 19.8 Å². The first-order valence-electron chi connectivity index (χ1n) is 16.1. The van der Waals surface area contributed by atoms with Crippen molar-refractivity contribution in [2.24, 2.45) is 5.73 Å². The summed E-state index contributed by atoms with van der Waals surface area (Å²) in [7, 11) is 3.27. The Kier molecular flexibility index (Phi) is 10.5. The van der Waals surface area contributed by atoms with Crippen molar-refractivity contribution in [3.05, 3.63) is 108 Å². The standard InChI is InChI=1S/C36H42N6O6/c1-44-27-15-11-25(12-16-27)36(24-9-5-3-6-10-24,26-13-17-28(45-2)18-14-26)47-21-29-31(43)32(46-20-8-4-7-19-37)35(48-29)42-23-41-30-33(38)39-22-40-34(30)42/h3,5-6,9-18,22-23,29,31-32,35,43H,4,7-8,19-21,37H2,1-2H3,(H2,38,39,40)/t29-,31?,32?,35-/m1/s1. The maximum atomic E-state index is 11.8. The summed E-state index contributed by atoms with van der Waals surface area (Å²) < 4.78 is 32.7. The predicted molar refractivity (Wildman–Crippen MR) is 181 cm³/mol. The van der Waals surface area contributed by atoms with Crippen LogP contribution in [0.5, 0.6) is 11.5 Å². The molecule has 1 aliphatic rings. The zero-order valence-corrected chi connectivity index (χ0v) is 27.1. The van der Waals surface area contributed by atoms with Gasteiger partial charge >= 0.3 is 0 Å². The van der Waals surface area contributed by atoms with Crippen LogP contribution < -0.4 is 20.9 Å². The van der Waals surface area contributed by atoms with E-state index in [1.807, 2.05) is 78.9 Å². The van der Waals surface area contributed by atoms with E-state index in [0.29, 0.717) is 24.3 Å². The summed E-state index contributed by atoms with van der Waals surface area (Å²) in [6, 6.07) is 25.5. The van der Waals surface area contributed by atoms with Crippen LogP contribution in [0.1, 0.15) is 42.2 Å². The fourth-order valence-corrected chi connectivity index (χ4v) is 6.24. The van der Waals surface area contributed by atoms with E-state index in [2.05, 4.69) is 15.0 Å². The topological polar surface area (TPSA) is 162 Å². The second kappa shape index (κ2) is 15.1. The molecule has 48 heavy (non-hydrogen) atoms. The van der Waals surface area contributed by atoms with Crippen LogP contribution in [0.25, 0.3) is 11.2 Å². The molecule has 1 saturated heterocycles. The van der Waals surface area contributed by atoms with Crippen LogP contribution >= 0.6 is 0 Å². The molecule has 12 heteroatoms. The first kappa shape index (κ1) is 33.3. The third-order valence-corrected chi connectivity index (χ3v) is 8.77. The van der Waals surface area contributed by atoms with Crippen molar-refractivity contribution in [3.63, 3.8) is 0 Å². The van der Waals surface area contributed by atoms with E-state index in [4.69, 9.17) is 35.2 Å². The third-order valence-electron chi connectivity index (χ3n) is 8.77. The average molecular weight is 655 g/mol. The largest absolute Gasteiger partial charge is 0.497 e. The minimum atomic E-state index is -1.09. The molecule has 1 fully saturated rings. The summed E-state index contributed by atoms with van der Waals surface area (Å²) in [5.41, 5.74) is 14.2. The minimum absolute atomic E-state index is 0.0153. The lowest BCUT2D eigenvalue weighted by molar-refractivity contribution is -0.0961. The maximum absolute atomic E-state index is 11.8. The predicted octanol–water partition coefficient (Wildman–Crippen LogP) is 4.21. The Balaban J connectivity index is 1.37. The molecule has 4 atom stereocenters. The molecule has 3 aromatic carbocycles. The third kappa shape index (κ3) is 6.58. The number of aliphatic hydroxyl groups is 1. The van der Waals surface area contributed by atoms with Crippen molar-refractivity contribution in [1.29, 1.82) is 0 Å². The molecule has 6 rings (SSSR count). The van der Waals surface area contributed by atoms with Crippen LogP contribution in [0, 0.1) is 0 Å². The molecule has 0 bridgehead atoms. The lowest BCUT2D eigenvalue weighted by Gasteiger charge is -2.37. The summed E-state index contributed by atoms with van der Waals surface area (Å²) >= 11 is 0. The highest BCUT2D eigenvalue weighted by Crippen LogP contribution is 2.43. The molecule has 2 aromatic heterocycles. The van der Waals surface area contributed by atoms with Gasteiger partial charge < -0.3 is 40.3 Å². The second-order valence-electron chi connectivity index (χ2n) is 11.6. The number of unbranched alkanes of at least 4 members (excludes halogenated alkanes) is 2. The number of benzene rings is 3. The normalized spacial score (nSPS) is 19.5. The summed E-state index contributed by atoms with van der Waals surface area (Å²) in [6.45, 7) is 1.05. The molecule has 0 saturated carbocycles. The van der Waals surface area contributed by atoms with E-state index in [1.165, 1.54) is 6.33 Å². The van der Waals surface area contributed by atoms with Gasteiger partial charge in [0, 0.05) is 6.61 Å².